The molecule has 0 unspecified atom stereocenters. The normalized spacial score (nSPS) is 20.0. The molecule has 0 fully saturated rings. The Labute approximate surface area is 204 Å². The van der Waals surface area contributed by atoms with Crippen molar-refractivity contribution in [3.05, 3.63) is 76.1 Å². The van der Waals surface area contributed by atoms with Crippen LogP contribution >= 0.6 is 11.8 Å². The van der Waals surface area contributed by atoms with Crippen molar-refractivity contribution in [1.29, 1.82) is 0 Å². The maximum Gasteiger partial charge on any atom is 0.336 e. The van der Waals surface area contributed by atoms with E-state index in [4.69, 9.17) is 14.2 Å². The highest BCUT2D eigenvalue weighted by atomic mass is 32.2. The lowest BCUT2D eigenvalue weighted by atomic mass is 9.71. The van der Waals surface area contributed by atoms with E-state index in [9.17, 15) is 9.59 Å². The smallest absolute Gasteiger partial charge is 0.336 e. The molecule has 0 spiro atoms. The molecular weight excluding hydrogens is 450 g/mol. The molecular formula is C27H29NO5S. The predicted octanol–water partition coefficient (Wildman–Crippen LogP) is 4.96. The fourth-order valence-electron chi connectivity index (χ4n) is 4.89. The number of ketones is 1. The number of dihydropyridines is 1. The molecule has 1 aliphatic heterocycles. The molecule has 0 saturated carbocycles. The Morgan fingerprint density at radius 1 is 0.971 bits per heavy atom. The van der Waals surface area contributed by atoms with Gasteiger partial charge in [-0.05, 0) is 60.9 Å². The minimum Gasteiger partial charge on any atom is -0.493 e. The summed E-state index contributed by atoms with van der Waals surface area (Å²) >= 11 is 1.65. The molecule has 2 aromatic carbocycles. The average molecular weight is 480 g/mol. The molecule has 4 rings (SSSR count). The largest absolute Gasteiger partial charge is 0.493 e. The van der Waals surface area contributed by atoms with Gasteiger partial charge in [-0.2, -0.15) is 0 Å². The summed E-state index contributed by atoms with van der Waals surface area (Å²) in [5.41, 5.74) is 4.63. The molecule has 0 saturated heterocycles. The lowest BCUT2D eigenvalue weighted by molar-refractivity contribution is -0.136. The third-order valence-corrected chi connectivity index (χ3v) is 7.30. The molecule has 2 aromatic rings. The van der Waals surface area contributed by atoms with Gasteiger partial charge in [0, 0.05) is 34.2 Å². The number of hydrogen-bond acceptors (Lipinski definition) is 7. The van der Waals surface area contributed by atoms with Crippen LogP contribution in [-0.4, -0.2) is 39.3 Å². The molecule has 2 aliphatic rings. The van der Waals surface area contributed by atoms with Gasteiger partial charge < -0.3 is 19.5 Å². The molecule has 1 heterocycles. The maximum atomic E-state index is 13.6. The second kappa shape index (κ2) is 9.97. The molecule has 34 heavy (non-hydrogen) atoms. The number of Topliss-reactive ketones (excluding diaryl/α,β-unsaturated/α-hetero) is 1. The first-order valence-electron chi connectivity index (χ1n) is 11.1. The standard InChI is InChI=1S/C27H29NO5S/c1-15-24(27(30)33-4)25(16-6-9-19(34-5)10-7-16)26-20(28-15)12-18(13-21(26)29)17-8-11-22(31-2)23(14-17)32-3/h6-11,14,18,25,28H,12-13H2,1-5H3/t18-,25-/m0/s1. The Balaban J connectivity index is 1.77. The van der Waals surface area contributed by atoms with Gasteiger partial charge in [-0.3, -0.25) is 4.79 Å². The topological polar surface area (TPSA) is 73.9 Å². The van der Waals surface area contributed by atoms with Gasteiger partial charge in [0.1, 0.15) is 0 Å². The second-order valence-electron chi connectivity index (χ2n) is 8.40. The lowest BCUT2D eigenvalue weighted by Crippen LogP contribution is -2.36. The number of carbonyl (C=O) groups is 2. The summed E-state index contributed by atoms with van der Waals surface area (Å²) in [6, 6.07) is 13.8. The Bertz CT molecular complexity index is 1180. The van der Waals surface area contributed by atoms with E-state index in [0.29, 0.717) is 41.2 Å². The Hall–Kier alpha value is -3.19. The molecule has 6 nitrogen and oxygen atoms in total. The zero-order valence-electron chi connectivity index (χ0n) is 20.1. The first-order valence-corrected chi connectivity index (χ1v) is 12.3. The monoisotopic (exact) mass is 479 g/mol. The fourth-order valence-corrected chi connectivity index (χ4v) is 5.30. The van der Waals surface area contributed by atoms with Gasteiger partial charge in [0.25, 0.3) is 0 Å². The number of nitrogens with one attached hydrogen (secondary N) is 1. The van der Waals surface area contributed by atoms with Crippen molar-refractivity contribution < 1.29 is 23.8 Å². The zero-order chi connectivity index (χ0) is 24.4. The van der Waals surface area contributed by atoms with E-state index in [2.05, 4.69) is 5.32 Å². The molecule has 0 bridgehead atoms. The van der Waals surface area contributed by atoms with Crippen LogP contribution in [0, 0.1) is 0 Å². The predicted molar refractivity (Wildman–Crippen MR) is 132 cm³/mol. The summed E-state index contributed by atoms with van der Waals surface area (Å²) in [4.78, 5) is 27.5. The molecule has 2 atom stereocenters. The van der Waals surface area contributed by atoms with E-state index < -0.39 is 11.9 Å². The Kier molecular flexibility index (Phi) is 7.03. The van der Waals surface area contributed by atoms with Crippen LogP contribution in [0.3, 0.4) is 0 Å². The minimum atomic E-state index is -0.460. The molecule has 1 aliphatic carbocycles. The summed E-state index contributed by atoms with van der Waals surface area (Å²) in [6.45, 7) is 1.86. The lowest BCUT2D eigenvalue weighted by Gasteiger charge is -2.36. The number of allylic oxidation sites excluding steroid dienone is 3. The summed E-state index contributed by atoms with van der Waals surface area (Å²) in [5, 5.41) is 3.36. The van der Waals surface area contributed by atoms with E-state index in [0.717, 1.165) is 21.7 Å². The van der Waals surface area contributed by atoms with Gasteiger partial charge in [-0.15, -0.1) is 11.8 Å². The van der Waals surface area contributed by atoms with Crippen molar-refractivity contribution in [2.24, 2.45) is 0 Å². The van der Waals surface area contributed by atoms with Crippen molar-refractivity contribution in [3.8, 4) is 11.5 Å². The van der Waals surface area contributed by atoms with Gasteiger partial charge in [0.2, 0.25) is 0 Å². The van der Waals surface area contributed by atoms with Gasteiger partial charge in [-0.1, -0.05) is 18.2 Å². The van der Waals surface area contributed by atoms with Crippen LogP contribution in [0.15, 0.2) is 69.9 Å². The molecule has 1 N–H and O–H groups in total. The van der Waals surface area contributed by atoms with E-state index in [1.807, 2.05) is 55.6 Å². The van der Waals surface area contributed by atoms with Crippen LogP contribution in [0.5, 0.6) is 11.5 Å². The van der Waals surface area contributed by atoms with Gasteiger partial charge in [-0.25, -0.2) is 4.79 Å². The third kappa shape index (κ3) is 4.32. The first-order chi connectivity index (χ1) is 16.4. The number of carbonyl (C=O) groups excluding carboxylic acids is 2. The molecule has 0 aromatic heterocycles. The van der Waals surface area contributed by atoms with Crippen molar-refractivity contribution in [1.82, 2.24) is 5.32 Å². The highest BCUT2D eigenvalue weighted by molar-refractivity contribution is 7.98. The maximum absolute atomic E-state index is 13.6. The van der Waals surface area contributed by atoms with Gasteiger partial charge in [0.15, 0.2) is 17.3 Å². The van der Waals surface area contributed by atoms with Crippen LogP contribution in [-0.2, 0) is 14.3 Å². The number of methoxy groups -OCH3 is 3. The van der Waals surface area contributed by atoms with Crippen LogP contribution in [0.1, 0.15) is 42.7 Å². The highest BCUT2D eigenvalue weighted by Crippen LogP contribution is 2.46. The Morgan fingerprint density at radius 3 is 2.26 bits per heavy atom. The number of benzene rings is 2. The van der Waals surface area contributed by atoms with E-state index >= 15 is 0 Å². The van der Waals surface area contributed by atoms with Crippen LogP contribution in [0.2, 0.25) is 0 Å². The van der Waals surface area contributed by atoms with Crippen molar-refractivity contribution in [2.45, 2.75) is 36.5 Å². The SMILES string of the molecule is COC(=O)C1=C(C)NC2=C(C(=O)C[C@@H](c3ccc(OC)c(OC)c3)C2)[C@H]1c1ccc(SC)cc1. The van der Waals surface area contributed by atoms with Crippen molar-refractivity contribution >= 4 is 23.5 Å². The quantitative estimate of drug-likeness (QED) is 0.464. The molecule has 0 radical (unpaired) electrons. The van der Waals surface area contributed by atoms with Gasteiger partial charge >= 0.3 is 5.97 Å². The number of rotatable bonds is 6. The van der Waals surface area contributed by atoms with Crippen molar-refractivity contribution in [3.63, 3.8) is 0 Å². The first kappa shape index (κ1) is 24.0. The summed E-state index contributed by atoms with van der Waals surface area (Å²) in [7, 11) is 4.58. The number of thioether (sulfide) groups is 1. The Morgan fingerprint density at radius 2 is 1.65 bits per heavy atom. The minimum absolute atomic E-state index is 0.00875. The fraction of sp³-hybridized carbons (Fsp3) is 0.333. The molecule has 7 heteroatoms. The summed E-state index contributed by atoms with van der Waals surface area (Å²) in [6.07, 6.45) is 3.02. The number of esters is 1. The molecule has 0 amide bonds. The van der Waals surface area contributed by atoms with E-state index in [-0.39, 0.29) is 11.7 Å². The molecule has 178 valence electrons. The summed E-state index contributed by atoms with van der Waals surface area (Å²) in [5.74, 6) is 0.426. The van der Waals surface area contributed by atoms with Crippen LogP contribution < -0.4 is 14.8 Å². The number of ether oxygens (including phenoxy) is 3. The van der Waals surface area contributed by atoms with Crippen molar-refractivity contribution in [2.75, 3.05) is 27.6 Å². The average Bonchev–Trinajstić information content (AvgIpc) is 2.86. The van der Waals surface area contributed by atoms with Crippen LogP contribution in [0.25, 0.3) is 0 Å². The van der Waals surface area contributed by atoms with Crippen LogP contribution in [0.4, 0.5) is 0 Å². The number of hydrogen-bond donors (Lipinski definition) is 1. The second-order valence-corrected chi connectivity index (χ2v) is 9.28. The highest BCUT2D eigenvalue weighted by Gasteiger charge is 2.41. The summed E-state index contributed by atoms with van der Waals surface area (Å²) < 4.78 is 15.9. The van der Waals surface area contributed by atoms with Gasteiger partial charge in [0.05, 0.1) is 26.9 Å². The van der Waals surface area contributed by atoms with E-state index in [1.165, 1.54) is 7.11 Å². The third-order valence-electron chi connectivity index (χ3n) is 6.56. The van der Waals surface area contributed by atoms with E-state index in [1.54, 1.807) is 26.0 Å². The zero-order valence-corrected chi connectivity index (χ0v) is 20.9.